The molecule has 1 aliphatic carbocycles. The van der Waals surface area contributed by atoms with Crippen molar-refractivity contribution < 1.29 is 0 Å². The van der Waals surface area contributed by atoms with E-state index in [0.29, 0.717) is 12.6 Å². The van der Waals surface area contributed by atoms with Crippen molar-refractivity contribution in [1.82, 2.24) is 9.97 Å². The lowest BCUT2D eigenvalue weighted by atomic mass is 9.92. The largest absolute Gasteiger partial charge is 0.357 e. The second-order valence-electron chi connectivity index (χ2n) is 4.44. The summed E-state index contributed by atoms with van der Waals surface area (Å²) in [5.74, 6) is 1.73. The number of hydrogen-bond donors (Lipinski definition) is 0. The van der Waals surface area contributed by atoms with E-state index in [0.717, 1.165) is 11.6 Å². The van der Waals surface area contributed by atoms with Gasteiger partial charge in [-0.3, -0.25) is 0 Å². The third-order valence-electron chi connectivity index (χ3n) is 3.32. The molecule has 0 N–H and O–H groups in total. The highest BCUT2D eigenvalue weighted by atomic mass is 15.2. The van der Waals surface area contributed by atoms with Crippen molar-refractivity contribution in [3.63, 3.8) is 0 Å². The highest BCUT2D eigenvalue weighted by Crippen LogP contribution is 2.27. The second kappa shape index (κ2) is 5.00. The summed E-state index contributed by atoms with van der Waals surface area (Å²) in [4.78, 5) is 12.5. The first kappa shape index (κ1) is 11.6. The smallest absolute Gasteiger partial charge is 0.134 e. The van der Waals surface area contributed by atoms with Crippen LogP contribution in [0.2, 0.25) is 0 Å². The van der Waals surface area contributed by atoms with Crippen molar-refractivity contribution in [3.8, 4) is 6.07 Å². The van der Waals surface area contributed by atoms with Crippen LogP contribution in [0.5, 0.6) is 0 Å². The van der Waals surface area contributed by atoms with Gasteiger partial charge in [-0.15, -0.1) is 0 Å². The van der Waals surface area contributed by atoms with Crippen LogP contribution in [0.3, 0.4) is 0 Å². The lowest BCUT2D eigenvalue weighted by Crippen LogP contribution is -2.37. The van der Waals surface area contributed by atoms with Gasteiger partial charge >= 0.3 is 0 Å². The van der Waals surface area contributed by atoms with Gasteiger partial charge in [-0.2, -0.15) is 5.26 Å². The van der Waals surface area contributed by atoms with E-state index in [1.54, 1.807) is 6.33 Å². The van der Waals surface area contributed by atoms with Crippen LogP contribution in [0.25, 0.3) is 0 Å². The van der Waals surface area contributed by atoms with E-state index in [1.165, 1.54) is 19.3 Å². The molecule has 0 radical (unpaired) electrons. The summed E-state index contributed by atoms with van der Waals surface area (Å²) in [7, 11) is 3.93. The average molecular weight is 231 g/mol. The van der Waals surface area contributed by atoms with Gasteiger partial charge in [0.2, 0.25) is 0 Å². The van der Waals surface area contributed by atoms with Crippen molar-refractivity contribution in [3.05, 3.63) is 12.4 Å². The monoisotopic (exact) mass is 231 g/mol. The van der Waals surface area contributed by atoms with Gasteiger partial charge in [0.05, 0.1) is 6.07 Å². The molecule has 0 aromatic carbocycles. The van der Waals surface area contributed by atoms with E-state index in [1.807, 2.05) is 18.0 Å². The molecule has 1 aromatic heterocycles. The molecule has 1 saturated carbocycles. The van der Waals surface area contributed by atoms with E-state index in [9.17, 15) is 0 Å². The van der Waals surface area contributed by atoms with Gasteiger partial charge in [-0.1, -0.05) is 0 Å². The van der Waals surface area contributed by atoms with E-state index in [2.05, 4.69) is 28.0 Å². The lowest BCUT2D eigenvalue weighted by molar-refractivity contribution is 0.399. The molecule has 17 heavy (non-hydrogen) atoms. The Morgan fingerprint density at radius 2 is 2.06 bits per heavy atom. The maximum Gasteiger partial charge on any atom is 0.134 e. The molecule has 0 bridgehead atoms. The molecule has 2 rings (SSSR count). The van der Waals surface area contributed by atoms with Crippen molar-refractivity contribution in [2.45, 2.75) is 25.3 Å². The first-order valence-corrected chi connectivity index (χ1v) is 5.85. The summed E-state index contributed by atoms with van der Waals surface area (Å²) in [6.07, 6.45) is 5.35. The Morgan fingerprint density at radius 1 is 1.35 bits per heavy atom. The van der Waals surface area contributed by atoms with Crippen molar-refractivity contribution >= 4 is 11.6 Å². The Morgan fingerprint density at radius 3 is 2.65 bits per heavy atom. The van der Waals surface area contributed by atoms with E-state index in [4.69, 9.17) is 5.26 Å². The molecule has 0 spiro atoms. The minimum atomic E-state index is 0.337. The Labute approximate surface area is 102 Å². The minimum Gasteiger partial charge on any atom is -0.357 e. The standard InChI is InChI=1S/C12H17N5/c1-16(7-6-13)11-8-12(15-9-14-11)17(2)10-4-3-5-10/h8-10H,3-5,7H2,1-2H3. The summed E-state index contributed by atoms with van der Waals surface area (Å²) in [6.45, 7) is 0.337. The number of rotatable bonds is 4. The predicted molar refractivity (Wildman–Crippen MR) is 67.0 cm³/mol. The van der Waals surface area contributed by atoms with Crippen LogP contribution < -0.4 is 9.80 Å². The Hall–Kier alpha value is -1.83. The number of nitrogens with zero attached hydrogens (tertiary/aromatic N) is 5. The molecule has 1 heterocycles. The molecule has 0 unspecified atom stereocenters. The topological polar surface area (TPSA) is 56.1 Å². The molecule has 0 atom stereocenters. The van der Waals surface area contributed by atoms with Gasteiger partial charge in [0.25, 0.3) is 0 Å². The van der Waals surface area contributed by atoms with Crippen molar-refractivity contribution in [2.75, 3.05) is 30.4 Å². The zero-order chi connectivity index (χ0) is 12.3. The highest BCUT2D eigenvalue weighted by molar-refractivity contribution is 5.50. The molecule has 0 aliphatic heterocycles. The van der Waals surface area contributed by atoms with Crippen LogP contribution in [0.15, 0.2) is 12.4 Å². The molecule has 0 saturated heterocycles. The maximum absolute atomic E-state index is 8.67. The SMILES string of the molecule is CN(CC#N)c1cc(N(C)C2CCC2)ncn1. The fourth-order valence-corrected chi connectivity index (χ4v) is 1.89. The molecule has 1 fully saturated rings. The van der Waals surface area contributed by atoms with E-state index >= 15 is 0 Å². The Kier molecular flexibility index (Phi) is 3.43. The van der Waals surface area contributed by atoms with Crippen LogP contribution in [0, 0.1) is 11.3 Å². The third kappa shape index (κ3) is 2.47. The summed E-state index contributed by atoms with van der Waals surface area (Å²) in [5, 5.41) is 8.67. The van der Waals surface area contributed by atoms with Crippen molar-refractivity contribution in [1.29, 1.82) is 5.26 Å². The third-order valence-corrected chi connectivity index (χ3v) is 3.32. The predicted octanol–water partition coefficient (Wildman–Crippen LogP) is 1.43. The summed E-state index contributed by atoms with van der Waals surface area (Å²) < 4.78 is 0. The van der Waals surface area contributed by atoms with E-state index < -0.39 is 0 Å². The maximum atomic E-state index is 8.67. The van der Waals surface area contributed by atoms with E-state index in [-0.39, 0.29) is 0 Å². The van der Waals surface area contributed by atoms with Crippen molar-refractivity contribution in [2.24, 2.45) is 0 Å². The highest BCUT2D eigenvalue weighted by Gasteiger charge is 2.23. The summed E-state index contributed by atoms with van der Waals surface area (Å²) in [5.41, 5.74) is 0. The minimum absolute atomic E-state index is 0.337. The second-order valence-corrected chi connectivity index (χ2v) is 4.44. The van der Waals surface area contributed by atoms with Gasteiger partial charge in [0.1, 0.15) is 24.5 Å². The zero-order valence-electron chi connectivity index (χ0n) is 10.3. The average Bonchev–Trinajstić information content (AvgIpc) is 2.27. The Balaban J connectivity index is 2.13. The molecule has 1 aromatic rings. The fraction of sp³-hybridized carbons (Fsp3) is 0.583. The molecule has 5 nitrogen and oxygen atoms in total. The first-order chi connectivity index (χ1) is 8.22. The molecular formula is C12H17N5. The molecule has 0 amide bonds. The zero-order valence-corrected chi connectivity index (χ0v) is 10.3. The van der Waals surface area contributed by atoms with Gasteiger partial charge in [0.15, 0.2) is 0 Å². The number of nitriles is 1. The van der Waals surface area contributed by atoms with Gasteiger partial charge in [0, 0.05) is 26.2 Å². The molecule has 5 heteroatoms. The molecule has 1 aliphatic rings. The first-order valence-electron chi connectivity index (χ1n) is 5.85. The van der Waals surface area contributed by atoms with Crippen LogP contribution >= 0.6 is 0 Å². The molecular weight excluding hydrogens is 214 g/mol. The Bertz CT molecular complexity index is 421. The molecule has 90 valence electrons. The lowest BCUT2D eigenvalue weighted by Gasteiger charge is -2.35. The normalized spacial score (nSPS) is 14.9. The van der Waals surface area contributed by atoms with Crippen LogP contribution in [-0.2, 0) is 0 Å². The fourth-order valence-electron chi connectivity index (χ4n) is 1.89. The summed E-state index contributed by atoms with van der Waals surface area (Å²) >= 11 is 0. The number of anilines is 2. The number of aromatic nitrogens is 2. The van der Waals surface area contributed by atoms with Gasteiger partial charge in [-0.25, -0.2) is 9.97 Å². The number of hydrogen-bond acceptors (Lipinski definition) is 5. The van der Waals surface area contributed by atoms with Crippen LogP contribution in [-0.4, -0.2) is 36.6 Å². The van der Waals surface area contributed by atoms with Crippen LogP contribution in [0.1, 0.15) is 19.3 Å². The summed E-state index contributed by atoms with van der Waals surface area (Å²) in [6, 6.07) is 4.66. The quantitative estimate of drug-likeness (QED) is 0.734. The van der Waals surface area contributed by atoms with Gasteiger partial charge < -0.3 is 9.80 Å². The van der Waals surface area contributed by atoms with Crippen LogP contribution in [0.4, 0.5) is 11.6 Å². The van der Waals surface area contributed by atoms with Gasteiger partial charge in [-0.05, 0) is 19.3 Å².